The number of nitrogen functional groups attached to an aromatic ring is 1. The molecule has 4 rings (SSSR count). The van der Waals surface area contributed by atoms with E-state index in [9.17, 15) is 4.79 Å². The van der Waals surface area contributed by atoms with Crippen molar-refractivity contribution in [2.45, 2.75) is 26.4 Å². The quantitative estimate of drug-likeness (QED) is 0.627. The van der Waals surface area contributed by atoms with E-state index in [4.69, 9.17) is 15.2 Å². The number of benzene rings is 2. The lowest BCUT2D eigenvalue weighted by Gasteiger charge is -2.28. The Bertz CT molecular complexity index is 1060. The molecule has 9 nitrogen and oxygen atoms in total. The summed E-state index contributed by atoms with van der Waals surface area (Å²) in [5, 5.41) is 7.34. The van der Waals surface area contributed by atoms with Crippen LogP contribution in [0.25, 0.3) is 0 Å². The molecule has 32 heavy (non-hydrogen) atoms. The van der Waals surface area contributed by atoms with Crippen LogP contribution in [0, 0.1) is 0 Å². The SMILES string of the molecule is CC(C)(C)Oc1ccc(C(=O)n2nc(Nc3ccc(N4CCOCC4)cc3)nc2N)cc1. The molecular weight excluding hydrogens is 408 g/mol. The molecule has 0 radical (unpaired) electrons. The lowest BCUT2D eigenvalue weighted by atomic mass is 10.1. The van der Waals surface area contributed by atoms with Crippen LogP contribution in [-0.2, 0) is 4.74 Å². The van der Waals surface area contributed by atoms with E-state index < -0.39 is 0 Å². The molecule has 1 fully saturated rings. The van der Waals surface area contributed by atoms with Crippen LogP contribution < -0.4 is 20.7 Å². The lowest BCUT2D eigenvalue weighted by molar-refractivity contribution is 0.0948. The van der Waals surface area contributed by atoms with Gasteiger partial charge in [0, 0.05) is 30.0 Å². The number of nitrogens with one attached hydrogen (secondary N) is 1. The van der Waals surface area contributed by atoms with E-state index in [1.165, 1.54) is 0 Å². The van der Waals surface area contributed by atoms with Gasteiger partial charge >= 0.3 is 0 Å². The van der Waals surface area contributed by atoms with Gasteiger partial charge in [0.2, 0.25) is 11.9 Å². The number of morpholine rings is 1. The Morgan fingerprint density at radius 1 is 1.06 bits per heavy atom. The van der Waals surface area contributed by atoms with Gasteiger partial charge in [-0.2, -0.15) is 9.67 Å². The molecule has 3 aromatic rings. The van der Waals surface area contributed by atoms with Crippen LogP contribution in [0.3, 0.4) is 0 Å². The highest BCUT2D eigenvalue weighted by atomic mass is 16.5. The van der Waals surface area contributed by atoms with Crippen LogP contribution in [0.4, 0.5) is 23.3 Å². The molecule has 1 aromatic heterocycles. The molecule has 0 amide bonds. The van der Waals surface area contributed by atoms with Crippen LogP contribution in [0.5, 0.6) is 5.75 Å². The second-order valence-corrected chi connectivity index (χ2v) is 8.52. The molecule has 0 aliphatic carbocycles. The predicted molar refractivity (Wildman–Crippen MR) is 124 cm³/mol. The van der Waals surface area contributed by atoms with Crippen molar-refractivity contribution in [2.75, 3.05) is 42.3 Å². The number of ether oxygens (including phenoxy) is 2. The molecule has 0 spiro atoms. The zero-order valence-corrected chi connectivity index (χ0v) is 18.5. The zero-order chi connectivity index (χ0) is 22.7. The van der Waals surface area contributed by atoms with E-state index in [1.54, 1.807) is 24.3 Å². The van der Waals surface area contributed by atoms with Crippen LogP contribution in [-0.4, -0.2) is 52.6 Å². The van der Waals surface area contributed by atoms with E-state index in [0.29, 0.717) is 11.3 Å². The summed E-state index contributed by atoms with van der Waals surface area (Å²) in [7, 11) is 0. The summed E-state index contributed by atoms with van der Waals surface area (Å²) >= 11 is 0. The van der Waals surface area contributed by atoms with Crippen molar-refractivity contribution in [3.8, 4) is 5.75 Å². The molecule has 0 bridgehead atoms. The molecule has 1 saturated heterocycles. The number of hydrogen-bond acceptors (Lipinski definition) is 8. The third-order valence-corrected chi connectivity index (χ3v) is 4.85. The van der Waals surface area contributed by atoms with Crippen LogP contribution in [0.2, 0.25) is 0 Å². The summed E-state index contributed by atoms with van der Waals surface area (Å²) in [6.07, 6.45) is 0. The number of rotatable bonds is 5. The summed E-state index contributed by atoms with van der Waals surface area (Å²) in [4.78, 5) is 19.3. The Labute approximate surface area is 187 Å². The standard InChI is InChI=1S/C23H28N6O3/c1-23(2,3)32-19-10-4-16(5-11-19)20(30)29-21(24)26-22(27-29)25-17-6-8-18(9-7-17)28-12-14-31-15-13-28/h4-11H,12-15H2,1-3H3,(H3,24,25,26,27). The molecule has 1 aliphatic rings. The third-order valence-electron chi connectivity index (χ3n) is 4.85. The Balaban J connectivity index is 1.44. The van der Waals surface area contributed by atoms with Crippen molar-refractivity contribution in [1.82, 2.24) is 14.8 Å². The summed E-state index contributed by atoms with van der Waals surface area (Å²) in [5.41, 5.74) is 8.00. The van der Waals surface area contributed by atoms with Gasteiger partial charge in [0.05, 0.1) is 13.2 Å². The number of nitrogens with zero attached hydrogens (tertiary/aromatic N) is 4. The van der Waals surface area contributed by atoms with Gasteiger partial charge in [0.25, 0.3) is 5.91 Å². The molecule has 2 aromatic carbocycles. The first-order valence-electron chi connectivity index (χ1n) is 10.5. The molecule has 2 heterocycles. The number of hydrogen-bond donors (Lipinski definition) is 2. The molecule has 3 N–H and O–H groups in total. The first kappa shape index (κ1) is 21.6. The van der Waals surface area contributed by atoms with Crippen LogP contribution in [0.1, 0.15) is 31.1 Å². The van der Waals surface area contributed by atoms with Crippen molar-refractivity contribution >= 4 is 29.2 Å². The van der Waals surface area contributed by atoms with Gasteiger partial charge in [-0.3, -0.25) is 4.79 Å². The van der Waals surface area contributed by atoms with Gasteiger partial charge in [-0.25, -0.2) is 0 Å². The summed E-state index contributed by atoms with van der Waals surface area (Å²) in [5.74, 6) is 0.580. The van der Waals surface area contributed by atoms with Crippen molar-refractivity contribution in [1.29, 1.82) is 0 Å². The first-order chi connectivity index (χ1) is 15.3. The first-order valence-corrected chi connectivity index (χ1v) is 10.5. The maximum absolute atomic E-state index is 12.8. The fourth-order valence-corrected chi connectivity index (χ4v) is 3.37. The fraction of sp³-hybridized carbons (Fsp3) is 0.348. The molecule has 1 aliphatic heterocycles. The van der Waals surface area contributed by atoms with E-state index >= 15 is 0 Å². The zero-order valence-electron chi connectivity index (χ0n) is 18.5. The van der Waals surface area contributed by atoms with E-state index in [-0.39, 0.29) is 23.4 Å². The number of carbonyl (C=O) groups is 1. The van der Waals surface area contributed by atoms with Crippen molar-refractivity contribution in [2.24, 2.45) is 0 Å². The maximum atomic E-state index is 12.8. The predicted octanol–water partition coefficient (Wildman–Crippen LogP) is 3.31. The minimum Gasteiger partial charge on any atom is -0.488 e. The smallest absolute Gasteiger partial charge is 0.281 e. The van der Waals surface area contributed by atoms with Gasteiger partial charge < -0.3 is 25.4 Å². The Hall–Kier alpha value is -3.59. The van der Waals surface area contributed by atoms with Crippen molar-refractivity contribution < 1.29 is 14.3 Å². The minimum absolute atomic E-state index is 0.0115. The second kappa shape index (κ2) is 8.88. The number of aromatic nitrogens is 3. The molecule has 0 saturated carbocycles. The Kier molecular flexibility index (Phi) is 6.00. The molecule has 0 unspecified atom stereocenters. The average Bonchev–Trinajstić information content (AvgIpc) is 3.13. The van der Waals surface area contributed by atoms with Crippen LogP contribution >= 0.6 is 0 Å². The molecule has 9 heteroatoms. The molecule has 168 valence electrons. The van der Waals surface area contributed by atoms with Gasteiger partial charge in [0.15, 0.2) is 0 Å². The highest BCUT2D eigenvalue weighted by molar-refractivity contribution is 5.97. The number of anilines is 4. The van der Waals surface area contributed by atoms with Crippen LogP contribution in [0.15, 0.2) is 48.5 Å². The third kappa shape index (κ3) is 5.17. The summed E-state index contributed by atoms with van der Waals surface area (Å²) in [6, 6.07) is 14.8. The van der Waals surface area contributed by atoms with Gasteiger partial charge in [-0.1, -0.05) is 0 Å². The van der Waals surface area contributed by atoms with Crippen molar-refractivity contribution in [3.05, 3.63) is 54.1 Å². The monoisotopic (exact) mass is 436 g/mol. The largest absolute Gasteiger partial charge is 0.488 e. The Morgan fingerprint density at radius 2 is 1.72 bits per heavy atom. The summed E-state index contributed by atoms with van der Waals surface area (Å²) < 4.78 is 12.3. The number of nitrogens with two attached hydrogens (primary N) is 1. The van der Waals surface area contributed by atoms with Gasteiger partial charge in [-0.05, 0) is 69.3 Å². The van der Waals surface area contributed by atoms with Gasteiger partial charge in [0.1, 0.15) is 11.4 Å². The van der Waals surface area contributed by atoms with Gasteiger partial charge in [-0.15, -0.1) is 5.10 Å². The topological polar surface area (TPSA) is 108 Å². The number of carbonyl (C=O) groups excluding carboxylic acids is 1. The summed E-state index contributed by atoms with van der Waals surface area (Å²) in [6.45, 7) is 9.12. The normalized spacial score (nSPS) is 14.3. The highest BCUT2D eigenvalue weighted by Crippen LogP contribution is 2.22. The van der Waals surface area contributed by atoms with E-state index in [1.807, 2.05) is 45.0 Å². The van der Waals surface area contributed by atoms with E-state index in [2.05, 4.69) is 20.3 Å². The molecule has 0 atom stereocenters. The highest BCUT2D eigenvalue weighted by Gasteiger charge is 2.18. The Morgan fingerprint density at radius 3 is 2.34 bits per heavy atom. The average molecular weight is 437 g/mol. The second-order valence-electron chi connectivity index (χ2n) is 8.52. The maximum Gasteiger partial charge on any atom is 0.281 e. The van der Waals surface area contributed by atoms with Crippen molar-refractivity contribution in [3.63, 3.8) is 0 Å². The minimum atomic E-state index is -0.368. The van der Waals surface area contributed by atoms with E-state index in [0.717, 1.165) is 42.4 Å². The fourth-order valence-electron chi connectivity index (χ4n) is 3.37. The molecular formula is C23H28N6O3. The lowest BCUT2D eigenvalue weighted by Crippen LogP contribution is -2.36.